The third-order valence-electron chi connectivity index (χ3n) is 4.66. The second-order valence-electron chi connectivity index (χ2n) is 6.75. The fourth-order valence-corrected chi connectivity index (χ4v) is 5.20. The number of nitrogens with one attached hydrogen (secondary N) is 2. The average molecular weight is 557 g/mol. The van der Waals surface area contributed by atoms with Crippen LogP contribution in [0.3, 0.4) is 0 Å². The number of nitrogens with zero attached hydrogens (tertiary/aromatic N) is 2. The number of rotatable bonds is 9. The van der Waals surface area contributed by atoms with Gasteiger partial charge in [-0.15, -0.1) is 24.0 Å². The predicted octanol–water partition coefficient (Wildman–Crippen LogP) is 1.92. The highest BCUT2D eigenvalue weighted by Crippen LogP contribution is 2.14. The number of hydrogen-bond donors (Lipinski definition) is 2. The number of aliphatic imine (C=N–C) groups is 1. The van der Waals surface area contributed by atoms with E-state index < -0.39 is 20.8 Å². The Morgan fingerprint density at radius 3 is 2.45 bits per heavy atom. The van der Waals surface area contributed by atoms with Gasteiger partial charge in [-0.2, -0.15) is 0 Å². The van der Waals surface area contributed by atoms with Crippen LogP contribution in [0, 0.1) is 0 Å². The highest BCUT2D eigenvalue weighted by Gasteiger charge is 2.26. The van der Waals surface area contributed by atoms with Crippen LogP contribution in [-0.4, -0.2) is 66.6 Å². The van der Waals surface area contributed by atoms with Crippen molar-refractivity contribution in [1.29, 1.82) is 0 Å². The van der Waals surface area contributed by atoms with Gasteiger partial charge in [0.2, 0.25) is 10.0 Å². The molecule has 2 N–H and O–H groups in total. The second kappa shape index (κ2) is 13.6. The third kappa shape index (κ3) is 9.31. The fourth-order valence-electron chi connectivity index (χ4n) is 3.07. The quantitative estimate of drug-likeness (QED) is 0.276. The number of hydrogen-bond acceptors (Lipinski definition) is 4. The van der Waals surface area contributed by atoms with E-state index in [1.54, 1.807) is 11.2 Å². The SMILES string of the molecule is CCNC(=NCCS(=O)Cc1ccccc1)NC1CCN(S(=O)(=O)CC)CC1.I. The topological polar surface area (TPSA) is 90.9 Å². The summed E-state index contributed by atoms with van der Waals surface area (Å²) in [7, 11) is -4.06. The third-order valence-corrected chi connectivity index (χ3v) is 7.83. The first-order valence-electron chi connectivity index (χ1n) is 9.86. The molecule has 7 nitrogen and oxygen atoms in total. The molecule has 1 aromatic rings. The number of sulfonamides is 1. The number of benzene rings is 1. The van der Waals surface area contributed by atoms with E-state index in [1.807, 2.05) is 37.3 Å². The number of halogens is 1. The van der Waals surface area contributed by atoms with Gasteiger partial charge in [0.05, 0.1) is 12.3 Å². The molecule has 1 aromatic carbocycles. The number of guanidine groups is 1. The van der Waals surface area contributed by atoms with E-state index in [1.165, 1.54) is 0 Å². The summed E-state index contributed by atoms with van der Waals surface area (Å²) in [5.41, 5.74) is 1.07. The summed E-state index contributed by atoms with van der Waals surface area (Å²) in [5.74, 6) is 1.91. The van der Waals surface area contributed by atoms with Crippen LogP contribution >= 0.6 is 24.0 Å². The van der Waals surface area contributed by atoms with Crippen molar-refractivity contribution >= 4 is 50.8 Å². The van der Waals surface area contributed by atoms with Crippen molar-refractivity contribution in [1.82, 2.24) is 14.9 Å². The van der Waals surface area contributed by atoms with Gasteiger partial charge in [-0.05, 0) is 32.3 Å². The molecular formula is C19H33IN4O3S2. The summed E-state index contributed by atoms with van der Waals surface area (Å²) >= 11 is 0. The largest absolute Gasteiger partial charge is 0.357 e. The van der Waals surface area contributed by atoms with E-state index in [-0.39, 0.29) is 35.8 Å². The first-order chi connectivity index (χ1) is 13.4. The number of piperidine rings is 1. The van der Waals surface area contributed by atoms with Crippen LogP contribution in [0.4, 0.5) is 0 Å². The lowest BCUT2D eigenvalue weighted by Crippen LogP contribution is -2.50. The molecule has 1 heterocycles. The van der Waals surface area contributed by atoms with Crippen molar-refractivity contribution in [2.24, 2.45) is 4.99 Å². The van der Waals surface area contributed by atoms with Crippen LogP contribution in [0.5, 0.6) is 0 Å². The minimum Gasteiger partial charge on any atom is -0.357 e. The summed E-state index contributed by atoms with van der Waals surface area (Å²) in [6, 6.07) is 10.0. The molecule has 0 aliphatic carbocycles. The molecule has 0 radical (unpaired) electrons. The normalized spacial score (nSPS) is 17.4. The van der Waals surface area contributed by atoms with E-state index in [0.29, 0.717) is 37.1 Å². The van der Waals surface area contributed by atoms with Crippen molar-refractivity contribution in [3.05, 3.63) is 35.9 Å². The fraction of sp³-hybridized carbons (Fsp3) is 0.632. The maximum absolute atomic E-state index is 12.2. The summed E-state index contributed by atoms with van der Waals surface area (Å²) in [4.78, 5) is 4.54. The average Bonchev–Trinajstić information content (AvgIpc) is 2.69. The van der Waals surface area contributed by atoms with Gasteiger partial charge in [0, 0.05) is 48.0 Å². The zero-order chi connectivity index (χ0) is 20.4. The maximum Gasteiger partial charge on any atom is 0.213 e. The Bertz CT molecular complexity index is 752. The van der Waals surface area contributed by atoms with E-state index in [2.05, 4.69) is 15.6 Å². The Morgan fingerprint density at radius 1 is 1.21 bits per heavy atom. The molecule has 1 saturated heterocycles. The summed E-state index contributed by atoms with van der Waals surface area (Å²) in [6.07, 6.45) is 1.51. The molecule has 1 aliphatic rings. The molecule has 166 valence electrons. The molecule has 10 heteroatoms. The van der Waals surface area contributed by atoms with Gasteiger partial charge in [0.1, 0.15) is 0 Å². The monoisotopic (exact) mass is 556 g/mol. The minimum atomic E-state index is -3.11. The molecule has 0 amide bonds. The molecule has 0 bridgehead atoms. The van der Waals surface area contributed by atoms with Crippen molar-refractivity contribution in [2.75, 3.05) is 37.7 Å². The molecule has 1 aliphatic heterocycles. The summed E-state index contributed by atoms with van der Waals surface area (Å²) in [5, 5.41) is 6.60. The van der Waals surface area contributed by atoms with Crippen molar-refractivity contribution in [3.8, 4) is 0 Å². The van der Waals surface area contributed by atoms with Gasteiger partial charge >= 0.3 is 0 Å². The Balaban J connectivity index is 0.00000420. The second-order valence-corrected chi connectivity index (χ2v) is 10.6. The first-order valence-corrected chi connectivity index (χ1v) is 13.0. The standard InChI is InChI=1S/C19H32N4O3S2.HI/c1-3-20-19(21-12-15-27(24)16-17-8-6-5-7-9-17)22-18-10-13-23(14-11-18)28(25,26)4-2;/h5-9,18H,3-4,10-16H2,1-2H3,(H2,20,21,22);1H. The first kappa shape index (κ1) is 26.3. The van der Waals surface area contributed by atoms with E-state index in [9.17, 15) is 12.6 Å². The van der Waals surface area contributed by atoms with Crippen LogP contribution in [0.1, 0.15) is 32.3 Å². The van der Waals surface area contributed by atoms with Crippen LogP contribution < -0.4 is 10.6 Å². The molecule has 1 atom stereocenters. The lowest BCUT2D eigenvalue weighted by Gasteiger charge is -2.32. The lowest BCUT2D eigenvalue weighted by atomic mass is 10.1. The van der Waals surface area contributed by atoms with Gasteiger partial charge in [-0.25, -0.2) is 12.7 Å². The highest BCUT2D eigenvalue weighted by molar-refractivity contribution is 14.0. The Labute approximate surface area is 194 Å². The lowest BCUT2D eigenvalue weighted by molar-refractivity contribution is 0.306. The van der Waals surface area contributed by atoms with Crippen LogP contribution in [-0.2, 0) is 26.6 Å². The van der Waals surface area contributed by atoms with Crippen LogP contribution in [0.2, 0.25) is 0 Å². The Hall–Kier alpha value is -0.720. The Kier molecular flexibility index (Phi) is 12.3. The smallest absolute Gasteiger partial charge is 0.213 e. The summed E-state index contributed by atoms with van der Waals surface area (Å²) < 4.78 is 37.7. The van der Waals surface area contributed by atoms with Gasteiger partial charge in [-0.3, -0.25) is 9.20 Å². The molecule has 29 heavy (non-hydrogen) atoms. The zero-order valence-corrected chi connectivity index (χ0v) is 21.1. The van der Waals surface area contributed by atoms with Crippen molar-refractivity contribution < 1.29 is 12.6 Å². The summed E-state index contributed by atoms with van der Waals surface area (Å²) in [6.45, 7) is 5.97. The highest BCUT2D eigenvalue weighted by atomic mass is 127. The van der Waals surface area contributed by atoms with Gasteiger partial charge in [0.25, 0.3) is 0 Å². The van der Waals surface area contributed by atoms with E-state index in [4.69, 9.17) is 0 Å². The maximum atomic E-state index is 12.2. The molecule has 2 rings (SSSR count). The van der Waals surface area contributed by atoms with Crippen molar-refractivity contribution in [3.63, 3.8) is 0 Å². The van der Waals surface area contributed by atoms with Gasteiger partial charge < -0.3 is 10.6 Å². The van der Waals surface area contributed by atoms with Crippen molar-refractivity contribution in [2.45, 2.75) is 38.5 Å². The zero-order valence-electron chi connectivity index (χ0n) is 17.2. The molecule has 0 saturated carbocycles. The van der Waals surface area contributed by atoms with Gasteiger partial charge in [0.15, 0.2) is 5.96 Å². The molecule has 1 fully saturated rings. The molecule has 0 spiro atoms. The predicted molar refractivity (Wildman–Crippen MR) is 132 cm³/mol. The molecular weight excluding hydrogens is 523 g/mol. The molecule has 1 unspecified atom stereocenters. The van der Waals surface area contributed by atoms with Crippen LogP contribution in [0.15, 0.2) is 35.3 Å². The minimum absolute atomic E-state index is 0. The van der Waals surface area contributed by atoms with Gasteiger partial charge in [-0.1, -0.05) is 30.3 Å². The van der Waals surface area contributed by atoms with E-state index >= 15 is 0 Å². The van der Waals surface area contributed by atoms with E-state index in [0.717, 1.165) is 24.9 Å². The van der Waals surface area contributed by atoms with Crippen LogP contribution in [0.25, 0.3) is 0 Å². The molecule has 0 aromatic heterocycles. The Morgan fingerprint density at radius 2 is 1.86 bits per heavy atom.